The third-order valence-corrected chi connectivity index (χ3v) is 2.85. The fourth-order valence-electron chi connectivity index (χ4n) is 1.81. The maximum atomic E-state index is 11.9. The number of methoxy groups -OCH3 is 1. The summed E-state index contributed by atoms with van der Waals surface area (Å²) in [6.45, 7) is 0.212. The average molecular weight is 273 g/mol. The normalized spacial score (nSPS) is 10.1. The van der Waals surface area contributed by atoms with Crippen molar-refractivity contribution >= 4 is 5.97 Å². The zero-order valence-electron chi connectivity index (χ0n) is 11.3. The number of hydrogen-bond donors (Lipinski definition) is 0. The van der Waals surface area contributed by atoms with E-state index in [4.69, 9.17) is 4.74 Å². The lowest BCUT2D eigenvalue weighted by atomic mass is 10.2. The van der Waals surface area contributed by atoms with E-state index >= 15 is 0 Å². The molecule has 0 atom stereocenters. The van der Waals surface area contributed by atoms with E-state index in [9.17, 15) is 9.59 Å². The van der Waals surface area contributed by atoms with E-state index in [1.54, 1.807) is 7.05 Å². The van der Waals surface area contributed by atoms with Gasteiger partial charge in [-0.3, -0.25) is 4.79 Å². The van der Waals surface area contributed by atoms with Crippen LogP contribution in [0.2, 0.25) is 0 Å². The highest BCUT2D eigenvalue weighted by Crippen LogP contribution is 2.15. The molecular formula is C15H15NO4. The molecule has 2 aromatic rings. The fraction of sp³-hybridized carbons (Fsp3) is 0.200. The second kappa shape index (κ2) is 6.06. The van der Waals surface area contributed by atoms with Crippen molar-refractivity contribution in [3.05, 3.63) is 64.1 Å². The Hall–Kier alpha value is -2.56. The number of carbonyl (C=O) groups excluding carboxylic acids is 1. The van der Waals surface area contributed by atoms with Gasteiger partial charge in [0.25, 0.3) is 0 Å². The molecule has 5 nitrogen and oxygen atoms in total. The van der Waals surface area contributed by atoms with Gasteiger partial charge in [0.05, 0.1) is 7.11 Å². The Balaban J connectivity index is 2.33. The van der Waals surface area contributed by atoms with Crippen molar-refractivity contribution in [3.63, 3.8) is 0 Å². The van der Waals surface area contributed by atoms with Crippen molar-refractivity contribution in [1.82, 2.24) is 4.57 Å². The largest absolute Gasteiger partial charge is 0.482 e. The summed E-state index contributed by atoms with van der Waals surface area (Å²) >= 11 is 0. The maximum absolute atomic E-state index is 11.9. The molecule has 2 rings (SSSR count). The molecule has 0 radical (unpaired) electrons. The number of aryl methyl sites for hydroxylation is 1. The van der Waals surface area contributed by atoms with E-state index in [1.807, 2.05) is 30.3 Å². The van der Waals surface area contributed by atoms with Gasteiger partial charge in [0, 0.05) is 19.3 Å². The van der Waals surface area contributed by atoms with Crippen LogP contribution < -0.4 is 10.2 Å². The average Bonchev–Trinajstić information content (AvgIpc) is 2.48. The molecule has 0 aliphatic carbocycles. The lowest BCUT2D eigenvalue weighted by Crippen LogP contribution is -2.19. The van der Waals surface area contributed by atoms with Crippen LogP contribution in [-0.4, -0.2) is 17.6 Å². The predicted molar refractivity (Wildman–Crippen MR) is 73.8 cm³/mol. The summed E-state index contributed by atoms with van der Waals surface area (Å²) < 4.78 is 11.7. The topological polar surface area (TPSA) is 57.5 Å². The minimum Gasteiger partial charge on any atom is -0.482 e. The van der Waals surface area contributed by atoms with Crippen LogP contribution in [0.15, 0.2) is 47.4 Å². The van der Waals surface area contributed by atoms with Crippen LogP contribution in [0.5, 0.6) is 5.75 Å². The minimum absolute atomic E-state index is 0.00528. The van der Waals surface area contributed by atoms with Crippen LogP contribution in [-0.2, 0) is 18.4 Å². The van der Waals surface area contributed by atoms with Crippen molar-refractivity contribution in [2.24, 2.45) is 7.05 Å². The van der Waals surface area contributed by atoms with Gasteiger partial charge in [-0.25, -0.2) is 4.79 Å². The summed E-state index contributed by atoms with van der Waals surface area (Å²) in [7, 11) is 2.92. The molecular weight excluding hydrogens is 258 g/mol. The van der Waals surface area contributed by atoms with Crippen LogP contribution in [0.4, 0.5) is 0 Å². The molecule has 104 valence electrons. The lowest BCUT2D eigenvalue weighted by molar-refractivity contribution is 0.0582. The molecule has 0 saturated carbocycles. The summed E-state index contributed by atoms with van der Waals surface area (Å²) in [5.41, 5.74) is 0.671. The number of nitrogens with zero attached hydrogens (tertiary/aromatic N) is 1. The van der Waals surface area contributed by atoms with Crippen molar-refractivity contribution < 1.29 is 14.3 Å². The Morgan fingerprint density at radius 2 is 1.90 bits per heavy atom. The highest BCUT2D eigenvalue weighted by Gasteiger charge is 2.19. The van der Waals surface area contributed by atoms with Crippen molar-refractivity contribution in [2.45, 2.75) is 6.61 Å². The van der Waals surface area contributed by atoms with E-state index in [-0.39, 0.29) is 23.5 Å². The molecule has 20 heavy (non-hydrogen) atoms. The standard InChI is InChI=1S/C15H15NO4/c1-16-9-8-12(17)14(13(16)15(18)19-2)20-10-11-6-4-3-5-7-11/h3-9H,10H2,1-2H3. The second-order valence-corrected chi connectivity index (χ2v) is 4.23. The zero-order chi connectivity index (χ0) is 14.5. The molecule has 0 saturated heterocycles. The van der Waals surface area contributed by atoms with Crippen LogP contribution in [0, 0.1) is 0 Å². The van der Waals surface area contributed by atoms with Gasteiger partial charge in [-0.2, -0.15) is 0 Å². The first-order chi connectivity index (χ1) is 9.63. The molecule has 1 aromatic heterocycles. The van der Waals surface area contributed by atoms with E-state index in [1.165, 1.54) is 23.9 Å². The number of esters is 1. The number of carbonyl (C=O) groups is 1. The molecule has 0 aliphatic rings. The SMILES string of the molecule is COC(=O)c1c(OCc2ccccc2)c(=O)ccn1C. The molecule has 0 aliphatic heterocycles. The summed E-state index contributed by atoms with van der Waals surface area (Å²) in [4.78, 5) is 23.6. The Labute approximate surface area is 116 Å². The van der Waals surface area contributed by atoms with E-state index in [0.717, 1.165) is 5.56 Å². The number of pyridine rings is 1. The maximum Gasteiger partial charge on any atom is 0.358 e. The zero-order valence-corrected chi connectivity index (χ0v) is 11.3. The number of rotatable bonds is 4. The highest BCUT2D eigenvalue weighted by molar-refractivity contribution is 5.90. The third kappa shape index (κ3) is 2.88. The Morgan fingerprint density at radius 1 is 1.20 bits per heavy atom. The third-order valence-electron chi connectivity index (χ3n) is 2.85. The van der Waals surface area contributed by atoms with E-state index < -0.39 is 5.97 Å². The molecule has 0 spiro atoms. The smallest absolute Gasteiger partial charge is 0.358 e. The molecule has 0 unspecified atom stereocenters. The summed E-state index contributed by atoms with van der Waals surface area (Å²) in [5.74, 6) is -0.598. The van der Waals surface area contributed by atoms with Gasteiger partial charge in [-0.1, -0.05) is 30.3 Å². The first-order valence-corrected chi connectivity index (χ1v) is 6.08. The fourth-order valence-corrected chi connectivity index (χ4v) is 1.81. The summed E-state index contributed by atoms with van der Waals surface area (Å²) in [6.07, 6.45) is 1.50. The molecule has 5 heteroatoms. The van der Waals surface area contributed by atoms with Crippen LogP contribution in [0.1, 0.15) is 16.1 Å². The molecule has 1 aromatic carbocycles. The van der Waals surface area contributed by atoms with Gasteiger partial charge < -0.3 is 14.0 Å². The first kappa shape index (κ1) is 13.9. The first-order valence-electron chi connectivity index (χ1n) is 6.08. The highest BCUT2D eigenvalue weighted by atomic mass is 16.5. The lowest BCUT2D eigenvalue weighted by Gasteiger charge is -2.12. The van der Waals surface area contributed by atoms with Gasteiger partial charge >= 0.3 is 5.97 Å². The summed E-state index contributed by atoms with van der Waals surface area (Å²) in [5, 5.41) is 0. The van der Waals surface area contributed by atoms with Crippen molar-refractivity contribution in [3.8, 4) is 5.75 Å². The minimum atomic E-state index is -0.603. The predicted octanol–water partition coefficient (Wildman–Crippen LogP) is 1.75. The number of benzene rings is 1. The number of hydrogen-bond acceptors (Lipinski definition) is 4. The molecule has 0 amide bonds. The van der Waals surface area contributed by atoms with E-state index in [2.05, 4.69) is 4.74 Å². The molecule has 0 fully saturated rings. The van der Waals surface area contributed by atoms with Crippen LogP contribution in [0.3, 0.4) is 0 Å². The van der Waals surface area contributed by atoms with Crippen molar-refractivity contribution in [1.29, 1.82) is 0 Å². The van der Waals surface area contributed by atoms with Gasteiger partial charge in [-0.05, 0) is 5.56 Å². The van der Waals surface area contributed by atoms with Gasteiger partial charge in [0.1, 0.15) is 6.61 Å². The van der Waals surface area contributed by atoms with Gasteiger partial charge in [0.2, 0.25) is 5.43 Å². The van der Waals surface area contributed by atoms with Crippen molar-refractivity contribution in [2.75, 3.05) is 7.11 Å². The van der Waals surface area contributed by atoms with Crippen LogP contribution in [0.25, 0.3) is 0 Å². The Morgan fingerprint density at radius 3 is 2.55 bits per heavy atom. The van der Waals surface area contributed by atoms with Gasteiger partial charge in [-0.15, -0.1) is 0 Å². The Kier molecular flexibility index (Phi) is 4.20. The van der Waals surface area contributed by atoms with Gasteiger partial charge in [0.15, 0.2) is 11.4 Å². The quantitative estimate of drug-likeness (QED) is 0.796. The summed E-state index contributed by atoms with van der Waals surface area (Å²) in [6, 6.07) is 10.8. The number of ether oxygens (including phenoxy) is 2. The number of aromatic nitrogens is 1. The van der Waals surface area contributed by atoms with E-state index in [0.29, 0.717) is 0 Å². The van der Waals surface area contributed by atoms with Crippen LogP contribution >= 0.6 is 0 Å². The monoisotopic (exact) mass is 273 g/mol. The second-order valence-electron chi connectivity index (χ2n) is 4.23. The molecule has 0 N–H and O–H groups in total. The molecule has 0 bridgehead atoms. The Bertz CT molecular complexity index is 661. The molecule has 1 heterocycles.